The molecule has 0 unspecified atom stereocenters. The number of ether oxygens (including phenoxy) is 1. The maximum Gasteiger partial charge on any atom is 0.307 e. The minimum atomic E-state index is -0.518. The van der Waals surface area contributed by atoms with Crippen LogP contribution in [-0.4, -0.2) is 29.2 Å². The second-order valence-corrected chi connectivity index (χ2v) is 6.67. The van der Waals surface area contributed by atoms with Crippen molar-refractivity contribution in [1.29, 1.82) is 0 Å². The van der Waals surface area contributed by atoms with Gasteiger partial charge in [0.2, 0.25) is 5.91 Å². The molecule has 7 heteroatoms. The number of carbonyl (C=O) groups is 3. The second-order valence-electron chi connectivity index (χ2n) is 5.83. The summed E-state index contributed by atoms with van der Waals surface area (Å²) in [4.78, 5) is 37.6. The fourth-order valence-corrected chi connectivity index (χ4v) is 3.16. The van der Waals surface area contributed by atoms with Crippen LogP contribution in [0.1, 0.15) is 27.9 Å². The highest BCUT2D eigenvalue weighted by atomic mass is 35.5. The number of hydrogen-bond acceptors (Lipinski definition) is 4. The van der Waals surface area contributed by atoms with E-state index in [4.69, 9.17) is 27.9 Å². The molecule has 0 fully saturated rings. The van der Waals surface area contributed by atoms with Crippen LogP contribution >= 0.6 is 23.2 Å². The van der Waals surface area contributed by atoms with Crippen molar-refractivity contribution in [1.82, 2.24) is 4.90 Å². The van der Waals surface area contributed by atoms with Crippen molar-refractivity contribution in [3.8, 4) is 0 Å². The molecule has 1 heterocycles. The fourth-order valence-electron chi connectivity index (χ4n) is 2.70. The zero-order chi connectivity index (χ0) is 18.7. The number of carbonyl (C=O) groups excluding carboxylic acids is 3. The van der Waals surface area contributed by atoms with E-state index in [1.165, 1.54) is 0 Å². The molecule has 2 aromatic carbocycles. The van der Waals surface area contributed by atoms with E-state index < -0.39 is 5.97 Å². The van der Waals surface area contributed by atoms with Crippen molar-refractivity contribution in [3.63, 3.8) is 0 Å². The molecule has 0 radical (unpaired) electrons. The van der Waals surface area contributed by atoms with Crippen molar-refractivity contribution < 1.29 is 19.1 Å². The maximum atomic E-state index is 12.4. The van der Waals surface area contributed by atoms with E-state index in [0.717, 1.165) is 4.90 Å². The average molecular weight is 392 g/mol. The smallest absolute Gasteiger partial charge is 0.307 e. The molecule has 0 aliphatic carbocycles. The summed E-state index contributed by atoms with van der Waals surface area (Å²) in [6.45, 7) is -0.0151. The van der Waals surface area contributed by atoms with Gasteiger partial charge in [-0.15, -0.1) is 0 Å². The number of halogens is 2. The minimum Gasteiger partial charge on any atom is -0.461 e. The summed E-state index contributed by atoms with van der Waals surface area (Å²) < 4.78 is 5.16. The van der Waals surface area contributed by atoms with Gasteiger partial charge in [0.15, 0.2) is 0 Å². The molecule has 5 nitrogen and oxygen atoms in total. The van der Waals surface area contributed by atoms with Crippen LogP contribution in [0.15, 0.2) is 42.5 Å². The largest absolute Gasteiger partial charge is 0.461 e. The molecule has 0 N–H and O–H groups in total. The lowest BCUT2D eigenvalue weighted by Gasteiger charge is -2.26. The Morgan fingerprint density at radius 2 is 1.88 bits per heavy atom. The molecule has 0 spiro atoms. The Bertz CT molecular complexity index is 882. The minimum absolute atomic E-state index is 0.000435. The highest BCUT2D eigenvalue weighted by Gasteiger charge is 2.30. The van der Waals surface area contributed by atoms with Crippen LogP contribution in [0.4, 0.5) is 0 Å². The third-order valence-corrected chi connectivity index (χ3v) is 4.67. The molecule has 0 saturated carbocycles. The molecule has 2 amide bonds. The summed E-state index contributed by atoms with van der Waals surface area (Å²) in [7, 11) is 0. The Morgan fingerprint density at radius 1 is 1.12 bits per heavy atom. The van der Waals surface area contributed by atoms with Crippen LogP contribution < -0.4 is 0 Å². The monoisotopic (exact) mass is 391 g/mol. The summed E-state index contributed by atoms with van der Waals surface area (Å²) in [5, 5.41) is 0.899. The van der Waals surface area contributed by atoms with E-state index in [0.29, 0.717) is 26.7 Å². The summed E-state index contributed by atoms with van der Waals surface area (Å²) >= 11 is 11.8. The normalized spacial score (nSPS) is 13.5. The van der Waals surface area contributed by atoms with Gasteiger partial charge in [-0.2, -0.15) is 0 Å². The van der Waals surface area contributed by atoms with E-state index >= 15 is 0 Å². The zero-order valence-corrected chi connectivity index (χ0v) is 15.2. The third-order valence-electron chi connectivity index (χ3n) is 4.08. The van der Waals surface area contributed by atoms with Gasteiger partial charge in [0.05, 0.1) is 12.8 Å². The maximum absolute atomic E-state index is 12.4. The summed E-state index contributed by atoms with van der Waals surface area (Å²) in [6.07, 6.45) is 0.0716. The fraction of sp³-hybridized carbons (Fsp3) is 0.211. The Labute approximate surface area is 160 Å². The predicted molar refractivity (Wildman–Crippen MR) is 97.1 cm³/mol. The Balaban J connectivity index is 1.56. The summed E-state index contributed by atoms with van der Waals surface area (Å²) in [6, 6.07) is 11.9. The van der Waals surface area contributed by atoms with Gasteiger partial charge in [-0.1, -0.05) is 47.5 Å². The SMILES string of the molecule is O=C(CCN1C(=O)Cc2ccccc2C1=O)OCc1ccc(Cl)cc1Cl. The molecule has 2 aromatic rings. The van der Waals surface area contributed by atoms with Crippen LogP contribution in [-0.2, 0) is 27.4 Å². The topological polar surface area (TPSA) is 63.7 Å². The quantitative estimate of drug-likeness (QED) is 0.576. The molecule has 26 heavy (non-hydrogen) atoms. The van der Waals surface area contributed by atoms with E-state index in [1.807, 2.05) is 0 Å². The van der Waals surface area contributed by atoms with Gasteiger partial charge in [0.25, 0.3) is 5.91 Å². The van der Waals surface area contributed by atoms with Crippen molar-refractivity contribution in [2.45, 2.75) is 19.4 Å². The highest BCUT2D eigenvalue weighted by Crippen LogP contribution is 2.22. The second kappa shape index (κ2) is 7.89. The van der Waals surface area contributed by atoms with Gasteiger partial charge in [0, 0.05) is 27.7 Å². The van der Waals surface area contributed by atoms with E-state index in [2.05, 4.69) is 0 Å². The van der Waals surface area contributed by atoms with E-state index in [-0.39, 0.29) is 37.8 Å². The molecule has 0 bridgehead atoms. The Kier molecular flexibility index (Phi) is 5.59. The van der Waals surface area contributed by atoms with Crippen molar-refractivity contribution >= 4 is 41.0 Å². The number of fused-ring (bicyclic) bond motifs is 1. The average Bonchev–Trinajstić information content (AvgIpc) is 2.61. The first-order valence-corrected chi connectivity index (χ1v) is 8.73. The first kappa shape index (κ1) is 18.4. The number of esters is 1. The van der Waals surface area contributed by atoms with Gasteiger partial charge >= 0.3 is 5.97 Å². The standard InChI is InChI=1S/C19H15Cl2NO4/c20-14-6-5-13(16(21)10-14)11-26-18(24)7-8-22-17(23)9-12-3-1-2-4-15(12)19(22)25/h1-6,10H,7-9,11H2. The Morgan fingerprint density at radius 3 is 2.65 bits per heavy atom. The van der Waals surface area contributed by atoms with Crippen LogP contribution in [0.25, 0.3) is 0 Å². The van der Waals surface area contributed by atoms with Crippen LogP contribution in [0.3, 0.4) is 0 Å². The van der Waals surface area contributed by atoms with Crippen LogP contribution in [0.5, 0.6) is 0 Å². The van der Waals surface area contributed by atoms with E-state index in [9.17, 15) is 14.4 Å². The molecular weight excluding hydrogens is 377 g/mol. The lowest BCUT2D eigenvalue weighted by molar-refractivity contribution is -0.145. The molecule has 134 valence electrons. The van der Waals surface area contributed by atoms with E-state index in [1.54, 1.807) is 42.5 Å². The number of imide groups is 1. The molecule has 1 aliphatic rings. The number of nitrogens with zero attached hydrogens (tertiary/aromatic N) is 1. The number of amides is 2. The first-order chi connectivity index (χ1) is 12.5. The third kappa shape index (κ3) is 4.06. The lowest BCUT2D eigenvalue weighted by Crippen LogP contribution is -2.43. The molecule has 0 atom stereocenters. The van der Waals surface area contributed by atoms with Gasteiger partial charge in [0.1, 0.15) is 6.61 Å². The molecular formula is C19H15Cl2NO4. The molecule has 3 rings (SSSR count). The number of benzene rings is 2. The lowest BCUT2D eigenvalue weighted by atomic mass is 9.98. The molecule has 0 saturated heterocycles. The van der Waals surface area contributed by atoms with Gasteiger partial charge in [-0.25, -0.2) is 0 Å². The number of hydrogen-bond donors (Lipinski definition) is 0. The van der Waals surface area contributed by atoms with Crippen molar-refractivity contribution in [2.24, 2.45) is 0 Å². The van der Waals surface area contributed by atoms with Crippen molar-refractivity contribution in [3.05, 3.63) is 69.2 Å². The summed E-state index contributed by atoms with van der Waals surface area (Å²) in [5.74, 6) is -1.22. The van der Waals surface area contributed by atoms with Gasteiger partial charge < -0.3 is 4.74 Å². The van der Waals surface area contributed by atoms with Crippen molar-refractivity contribution in [2.75, 3.05) is 6.54 Å². The predicted octanol–water partition coefficient (Wildman–Crippen LogP) is 3.65. The van der Waals surface area contributed by atoms with Crippen LogP contribution in [0, 0.1) is 0 Å². The first-order valence-electron chi connectivity index (χ1n) is 7.98. The number of rotatable bonds is 5. The van der Waals surface area contributed by atoms with Gasteiger partial charge in [-0.3, -0.25) is 19.3 Å². The van der Waals surface area contributed by atoms with Gasteiger partial charge in [-0.05, 0) is 23.8 Å². The Hall–Kier alpha value is -2.37. The highest BCUT2D eigenvalue weighted by molar-refractivity contribution is 6.35. The zero-order valence-electron chi connectivity index (χ0n) is 13.7. The van der Waals surface area contributed by atoms with Crippen LogP contribution in [0.2, 0.25) is 10.0 Å². The molecule has 0 aromatic heterocycles. The molecule has 1 aliphatic heterocycles. The summed E-state index contributed by atoms with van der Waals surface area (Å²) in [5.41, 5.74) is 1.83.